The number of rotatable bonds is 5. The molecule has 0 aliphatic carbocycles. The fourth-order valence-electron chi connectivity index (χ4n) is 2.30. The second-order valence-electron chi connectivity index (χ2n) is 6.10. The molecule has 2 nitrogen and oxygen atoms in total. The van der Waals surface area contributed by atoms with Gasteiger partial charge < -0.3 is 10.2 Å². The summed E-state index contributed by atoms with van der Waals surface area (Å²) in [6.07, 6.45) is 6.20. The molecule has 0 radical (unpaired) electrons. The molecule has 0 aromatic rings. The summed E-state index contributed by atoms with van der Waals surface area (Å²) in [5.74, 6) is 0. The number of thioether (sulfide) groups is 1. The van der Waals surface area contributed by atoms with Gasteiger partial charge in [-0.15, -0.1) is 0 Å². The maximum absolute atomic E-state index is 3.76. The topological polar surface area (TPSA) is 15.3 Å². The van der Waals surface area contributed by atoms with Crippen LogP contribution in [0.2, 0.25) is 0 Å². The van der Waals surface area contributed by atoms with E-state index in [9.17, 15) is 0 Å². The van der Waals surface area contributed by atoms with Crippen LogP contribution < -0.4 is 5.32 Å². The Morgan fingerprint density at radius 2 is 2.00 bits per heavy atom. The van der Waals surface area contributed by atoms with Crippen LogP contribution in [0.5, 0.6) is 0 Å². The molecule has 1 aliphatic heterocycles. The van der Waals surface area contributed by atoms with Crippen LogP contribution in [0.1, 0.15) is 47.0 Å². The summed E-state index contributed by atoms with van der Waals surface area (Å²) in [6, 6.07) is 1.43. The second-order valence-corrected chi connectivity index (χ2v) is 7.62. The van der Waals surface area contributed by atoms with Crippen LogP contribution in [0.25, 0.3) is 0 Å². The lowest BCUT2D eigenvalue weighted by molar-refractivity contribution is 0.229. The van der Waals surface area contributed by atoms with Crippen LogP contribution in [-0.2, 0) is 0 Å². The quantitative estimate of drug-likeness (QED) is 0.816. The van der Waals surface area contributed by atoms with Crippen molar-refractivity contribution in [1.29, 1.82) is 0 Å². The van der Waals surface area contributed by atoms with Crippen molar-refractivity contribution >= 4 is 11.8 Å². The van der Waals surface area contributed by atoms with Crippen molar-refractivity contribution in [3.05, 3.63) is 0 Å². The van der Waals surface area contributed by atoms with E-state index in [1.807, 2.05) is 11.8 Å². The highest BCUT2D eigenvalue weighted by atomic mass is 32.2. The smallest absolute Gasteiger partial charge is 0.0225 e. The molecule has 1 N–H and O–H groups in total. The van der Waals surface area contributed by atoms with Gasteiger partial charge in [0.05, 0.1) is 0 Å². The van der Waals surface area contributed by atoms with Crippen LogP contribution in [0, 0.1) is 0 Å². The lowest BCUT2D eigenvalue weighted by Gasteiger charge is -2.27. The van der Waals surface area contributed by atoms with Crippen LogP contribution >= 0.6 is 11.8 Å². The maximum Gasteiger partial charge on any atom is 0.0225 e. The molecular formula is C14H30N2S. The predicted octanol–water partition coefficient (Wildman–Crippen LogP) is 2.98. The molecule has 1 unspecified atom stereocenters. The van der Waals surface area contributed by atoms with Gasteiger partial charge in [-0.3, -0.25) is 0 Å². The van der Waals surface area contributed by atoms with Gasteiger partial charge in [0.25, 0.3) is 0 Å². The minimum absolute atomic E-state index is 0.365. The van der Waals surface area contributed by atoms with E-state index in [1.165, 1.54) is 32.4 Å². The summed E-state index contributed by atoms with van der Waals surface area (Å²) >= 11 is 1.95. The Hall–Kier alpha value is 0.270. The van der Waals surface area contributed by atoms with E-state index in [0.717, 1.165) is 12.6 Å². The van der Waals surface area contributed by atoms with E-state index >= 15 is 0 Å². The maximum atomic E-state index is 3.76. The zero-order chi connectivity index (χ0) is 12.9. The molecule has 0 aromatic carbocycles. The predicted molar refractivity (Wildman–Crippen MR) is 79.9 cm³/mol. The molecule has 0 bridgehead atoms. The first-order valence-corrected chi connectivity index (χ1v) is 8.19. The highest BCUT2D eigenvalue weighted by Gasteiger charge is 2.21. The number of hydrogen-bond acceptors (Lipinski definition) is 3. The van der Waals surface area contributed by atoms with Gasteiger partial charge in [-0.2, -0.15) is 11.8 Å². The largest absolute Gasteiger partial charge is 0.313 e. The van der Waals surface area contributed by atoms with Gasteiger partial charge in [0.15, 0.2) is 0 Å². The van der Waals surface area contributed by atoms with Crippen LogP contribution in [0.15, 0.2) is 0 Å². The Kier molecular flexibility index (Phi) is 6.32. The molecule has 1 fully saturated rings. The molecule has 3 heteroatoms. The van der Waals surface area contributed by atoms with E-state index in [0.29, 0.717) is 10.8 Å². The van der Waals surface area contributed by atoms with Gasteiger partial charge in [-0.25, -0.2) is 0 Å². The molecule has 0 aromatic heterocycles. The van der Waals surface area contributed by atoms with E-state index in [2.05, 4.69) is 44.2 Å². The number of nitrogens with one attached hydrogen (secondary N) is 1. The third kappa shape index (κ3) is 5.62. The van der Waals surface area contributed by atoms with E-state index < -0.39 is 0 Å². The molecule has 1 aliphatic rings. The molecule has 1 rings (SSSR count). The van der Waals surface area contributed by atoms with Crippen molar-refractivity contribution in [2.45, 2.75) is 63.8 Å². The fourth-order valence-corrected chi connectivity index (χ4v) is 2.53. The summed E-state index contributed by atoms with van der Waals surface area (Å²) in [5.41, 5.74) is 0. The molecule has 17 heavy (non-hydrogen) atoms. The molecule has 102 valence electrons. The second kappa shape index (κ2) is 7.01. The Morgan fingerprint density at radius 1 is 1.29 bits per heavy atom. The average molecular weight is 258 g/mol. The van der Waals surface area contributed by atoms with Gasteiger partial charge in [-0.05, 0) is 66.3 Å². The Labute approximate surface area is 112 Å². The highest BCUT2D eigenvalue weighted by molar-refractivity contribution is 7.99. The molecule has 1 heterocycles. The third-order valence-corrected chi connectivity index (χ3v) is 5.11. The number of likely N-dealkylation sites (tertiary alicyclic amines) is 1. The first-order valence-electron chi connectivity index (χ1n) is 6.97. The van der Waals surface area contributed by atoms with E-state index in [1.54, 1.807) is 0 Å². The molecule has 1 atom stereocenters. The van der Waals surface area contributed by atoms with Crippen molar-refractivity contribution in [2.75, 3.05) is 25.9 Å². The molecule has 0 amide bonds. The van der Waals surface area contributed by atoms with Crippen LogP contribution in [0.3, 0.4) is 0 Å². The monoisotopic (exact) mass is 258 g/mol. The van der Waals surface area contributed by atoms with Gasteiger partial charge in [0.2, 0.25) is 0 Å². The zero-order valence-corrected chi connectivity index (χ0v) is 13.1. The number of nitrogens with zero attached hydrogens (tertiary/aromatic N) is 1. The zero-order valence-electron chi connectivity index (χ0n) is 12.3. The summed E-state index contributed by atoms with van der Waals surface area (Å²) in [4.78, 5) is 2.61. The minimum Gasteiger partial charge on any atom is -0.313 e. The van der Waals surface area contributed by atoms with Crippen molar-refractivity contribution in [1.82, 2.24) is 10.2 Å². The Bertz CT molecular complexity index is 216. The van der Waals surface area contributed by atoms with Gasteiger partial charge in [0, 0.05) is 23.4 Å². The normalized spacial score (nSPS) is 24.0. The van der Waals surface area contributed by atoms with Crippen molar-refractivity contribution in [3.63, 3.8) is 0 Å². The fraction of sp³-hybridized carbons (Fsp3) is 1.00. The SMILES string of the molecule is CSC(C)(C)CNC1CCCN(C(C)C)CC1. The van der Waals surface area contributed by atoms with E-state index in [-0.39, 0.29) is 0 Å². The minimum atomic E-state index is 0.365. The van der Waals surface area contributed by atoms with E-state index in [4.69, 9.17) is 0 Å². The van der Waals surface area contributed by atoms with Gasteiger partial charge >= 0.3 is 0 Å². The highest BCUT2D eigenvalue weighted by Crippen LogP contribution is 2.21. The first kappa shape index (κ1) is 15.3. The Morgan fingerprint density at radius 3 is 2.59 bits per heavy atom. The molecular weight excluding hydrogens is 228 g/mol. The standard InChI is InChI=1S/C14H30N2S/c1-12(2)16-9-6-7-13(8-10-16)15-11-14(3,4)17-5/h12-13,15H,6-11H2,1-5H3. The first-order chi connectivity index (χ1) is 7.94. The van der Waals surface area contributed by atoms with Crippen molar-refractivity contribution < 1.29 is 0 Å². The lowest BCUT2D eigenvalue weighted by Crippen LogP contribution is -2.39. The summed E-state index contributed by atoms with van der Waals surface area (Å²) < 4.78 is 0.365. The van der Waals surface area contributed by atoms with Crippen LogP contribution in [-0.4, -0.2) is 47.6 Å². The molecule has 1 saturated heterocycles. The summed E-state index contributed by atoms with van der Waals surface area (Å²) in [6.45, 7) is 12.9. The Balaban J connectivity index is 2.32. The van der Waals surface area contributed by atoms with Gasteiger partial charge in [-0.1, -0.05) is 0 Å². The number of hydrogen-bond donors (Lipinski definition) is 1. The molecule has 0 spiro atoms. The lowest BCUT2D eigenvalue weighted by atomic mass is 10.1. The van der Waals surface area contributed by atoms with Crippen LogP contribution in [0.4, 0.5) is 0 Å². The van der Waals surface area contributed by atoms with Crippen molar-refractivity contribution in [2.24, 2.45) is 0 Å². The molecule has 0 saturated carbocycles. The average Bonchev–Trinajstić information content (AvgIpc) is 2.52. The summed E-state index contributed by atoms with van der Waals surface area (Å²) in [5, 5.41) is 3.76. The van der Waals surface area contributed by atoms with Gasteiger partial charge in [0.1, 0.15) is 0 Å². The van der Waals surface area contributed by atoms with Crippen molar-refractivity contribution in [3.8, 4) is 0 Å². The summed E-state index contributed by atoms with van der Waals surface area (Å²) in [7, 11) is 0. The third-order valence-electron chi connectivity index (χ3n) is 3.86.